The van der Waals surface area contributed by atoms with Crippen molar-refractivity contribution in [1.82, 2.24) is 4.37 Å². The lowest BCUT2D eigenvalue weighted by atomic mass is 10.2. The molecule has 108 valence electrons. The maximum Gasteiger partial charge on any atom is 0.185 e. The molecule has 1 aliphatic carbocycles. The highest BCUT2D eigenvalue weighted by atomic mass is 32.2. The molecule has 0 radical (unpaired) electrons. The first-order valence-electron chi connectivity index (χ1n) is 6.74. The largest absolute Gasteiger partial charge is 0.382 e. The van der Waals surface area contributed by atoms with Gasteiger partial charge in [-0.05, 0) is 36.7 Å². The van der Waals surface area contributed by atoms with Crippen molar-refractivity contribution in [2.24, 2.45) is 5.92 Å². The van der Waals surface area contributed by atoms with E-state index < -0.39 is 9.84 Å². The molecule has 7 heteroatoms. The second-order valence-electron chi connectivity index (χ2n) is 5.08. The van der Waals surface area contributed by atoms with E-state index in [-0.39, 0.29) is 16.5 Å². The molecule has 1 aromatic heterocycles. The number of nitrogen functional groups attached to an aromatic ring is 1. The fourth-order valence-corrected chi connectivity index (χ4v) is 5.01. The highest BCUT2D eigenvalue weighted by Crippen LogP contribution is 2.41. The number of hydrogen-bond donors (Lipinski definition) is 2. The van der Waals surface area contributed by atoms with Gasteiger partial charge in [0, 0.05) is 6.04 Å². The number of nitrogens with two attached hydrogens (primary N) is 1. The monoisotopic (exact) mass is 303 g/mol. The predicted molar refractivity (Wildman–Crippen MR) is 79.3 cm³/mol. The van der Waals surface area contributed by atoms with E-state index in [1.54, 1.807) is 0 Å². The van der Waals surface area contributed by atoms with Crippen molar-refractivity contribution in [1.29, 1.82) is 0 Å². The van der Waals surface area contributed by atoms with Crippen molar-refractivity contribution in [2.75, 3.05) is 16.8 Å². The Morgan fingerprint density at radius 1 is 1.42 bits per heavy atom. The van der Waals surface area contributed by atoms with Gasteiger partial charge in [0.05, 0.1) is 5.75 Å². The molecule has 3 N–H and O–H groups in total. The highest BCUT2D eigenvalue weighted by Gasteiger charge is 2.38. The summed E-state index contributed by atoms with van der Waals surface area (Å²) in [5, 5.41) is 3.92. The Hall–Kier alpha value is -0.820. The molecule has 0 bridgehead atoms. The van der Waals surface area contributed by atoms with Gasteiger partial charge in [0.2, 0.25) is 0 Å². The molecule has 1 saturated carbocycles. The van der Waals surface area contributed by atoms with Crippen LogP contribution in [-0.2, 0) is 9.84 Å². The van der Waals surface area contributed by atoms with Gasteiger partial charge in [0.15, 0.2) is 15.7 Å². The molecule has 0 saturated heterocycles. The van der Waals surface area contributed by atoms with E-state index in [1.165, 1.54) is 6.42 Å². The van der Waals surface area contributed by atoms with E-state index in [9.17, 15) is 8.42 Å². The molecule has 1 fully saturated rings. The van der Waals surface area contributed by atoms with Crippen LogP contribution < -0.4 is 11.1 Å². The lowest BCUT2D eigenvalue weighted by Gasteiger charge is -2.07. The van der Waals surface area contributed by atoms with Crippen molar-refractivity contribution in [3.63, 3.8) is 0 Å². The number of sulfone groups is 1. The van der Waals surface area contributed by atoms with Gasteiger partial charge in [-0.2, -0.15) is 4.37 Å². The number of anilines is 2. The van der Waals surface area contributed by atoms with Gasteiger partial charge in [-0.3, -0.25) is 0 Å². The summed E-state index contributed by atoms with van der Waals surface area (Å²) < 4.78 is 28.4. The fraction of sp³-hybridized carbons (Fsp3) is 0.750. The first kappa shape index (κ1) is 14.6. The first-order chi connectivity index (χ1) is 8.99. The Balaban J connectivity index is 2.15. The molecule has 2 atom stereocenters. The minimum Gasteiger partial charge on any atom is -0.382 e. The van der Waals surface area contributed by atoms with Crippen molar-refractivity contribution in [2.45, 2.75) is 50.5 Å². The molecule has 19 heavy (non-hydrogen) atoms. The first-order valence-corrected chi connectivity index (χ1v) is 9.16. The third kappa shape index (κ3) is 3.20. The van der Waals surface area contributed by atoms with E-state index in [0.29, 0.717) is 23.4 Å². The normalized spacial score (nSPS) is 22.4. The molecule has 1 aromatic rings. The van der Waals surface area contributed by atoms with Gasteiger partial charge in [0.1, 0.15) is 9.90 Å². The van der Waals surface area contributed by atoms with Crippen LogP contribution >= 0.6 is 11.5 Å². The van der Waals surface area contributed by atoms with Crippen LogP contribution in [0.25, 0.3) is 0 Å². The van der Waals surface area contributed by atoms with Crippen molar-refractivity contribution < 1.29 is 8.42 Å². The SMILES string of the molecule is CCCC1CC1Nc1snc(N)c1S(=O)(=O)CCC. The Kier molecular flexibility index (Phi) is 4.35. The quantitative estimate of drug-likeness (QED) is 0.808. The molecule has 0 amide bonds. The van der Waals surface area contributed by atoms with Gasteiger partial charge in [-0.25, -0.2) is 8.42 Å². The van der Waals surface area contributed by atoms with Crippen LogP contribution in [0.3, 0.4) is 0 Å². The molecule has 5 nitrogen and oxygen atoms in total. The predicted octanol–water partition coefficient (Wildman–Crippen LogP) is 2.51. The minimum atomic E-state index is -3.32. The van der Waals surface area contributed by atoms with Crippen LogP contribution in [-0.4, -0.2) is 24.6 Å². The molecule has 1 aliphatic rings. The Labute approximate surface area is 118 Å². The summed E-state index contributed by atoms with van der Waals surface area (Å²) in [4.78, 5) is 0.210. The Morgan fingerprint density at radius 3 is 2.79 bits per heavy atom. The van der Waals surface area contributed by atoms with Crippen LogP contribution in [0.4, 0.5) is 10.8 Å². The van der Waals surface area contributed by atoms with Gasteiger partial charge in [-0.1, -0.05) is 20.3 Å². The van der Waals surface area contributed by atoms with Gasteiger partial charge >= 0.3 is 0 Å². The third-order valence-corrected chi connectivity index (χ3v) is 6.26. The molecule has 1 heterocycles. The Morgan fingerprint density at radius 2 is 2.16 bits per heavy atom. The van der Waals surface area contributed by atoms with Gasteiger partial charge < -0.3 is 11.1 Å². The molecule has 2 unspecified atom stereocenters. The number of rotatable bonds is 7. The summed E-state index contributed by atoms with van der Waals surface area (Å²) in [6, 6.07) is 0.385. The number of nitrogens with zero attached hydrogens (tertiary/aromatic N) is 1. The highest BCUT2D eigenvalue weighted by molar-refractivity contribution is 7.91. The fourth-order valence-electron chi connectivity index (χ4n) is 2.34. The molecular formula is C12H21N3O2S2. The summed E-state index contributed by atoms with van der Waals surface area (Å²) in [6.07, 6.45) is 4.04. The van der Waals surface area contributed by atoms with Crippen LogP contribution in [0.15, 0.2) is 4.90 Å². The molecule has 0 aliphatic heterocycles. The summed E-state index contributed by atoms with van der Waals surface area (Å²) in [6.45, 7) is 4.01. The number of nitrogens with one attached hydrogen (secondary N) is 1. The Bertz CT molecular complexity index is 539. The summed E-state index contributed by atoms with van der Waals surface area (Å²) >= 11 is 1.15. The average molecular weight is 303 g/mol. The van der Waals surface area contributed by atoms with Crippen LogP contribution in [0, 0.1) is 5.92 Å². The number of hydrogen-bond acceptors (Lipinski definition) is 6. The van der Waals surface area contributed by atoms with Crippen LogP contribution in [0.5, 0.6) is 0 Å². The summed E-state index contributed by atoms with van der Waals surface area (Å²) in [7, 11) is -3.32. The zero-order chi connectivity index (χ0) is 14.0. The zero-order valence-corrected chi connectivity index (χ0v) is 13.0. The number of aromatic nitrogens is 1. The van der Waals surface area contributed by atoms with E-state index in [0.717, 1.165) is 24.4 Å². The second-order valence-corrected chi connectivity index (χ2v) is 7.90. The topological polar surface area (TPSA) is 85.1 Å². The summed E-state index contributed by atoms with van der Waals surface area (Å²) in [5.41, 5.74) is 5.73. The van der Waals surface area contributed by atoms with Crippen molar-refractivity contribution >= 4 is 32.2 Å². The third-order valence-electron chi connectivity index (χ3n) is 3.36. The lowest BCUT2D eigenvalue weighted by molar-refractivity contribution is 0.595. The average Bonchev–Trinajstić information content (AvgIpc) is 2.92. The van der Waals surface area contributed by atoms with Gasteiger partial charge in [-0.15, -0.1) is 0 Å². The molecule has 0 aromatic carbocycles. The maximum atomic E-state index is 12.2. The van der Waals surface area contributed by atoms with E-state index >= 15 is 0 Å². The van der Waals surface area contributed by atoms with Gasteiger partial charge in [0.25, 0.3) is 0 Å². The van der Waals surface area contributed by atoms with Crippen LogP contribution in [0.2, 0.25) is 0 Å². The molecule has 2 rings (SSSR count). The molecule has 0 spiro atoms. The minimum absolute atomic E-state index is 0.118. The lowest BCUT2D eigenvalue weighted by Crippen LogP contribution is -2.12. The smallest absolute Gasteiger partial charge is 0.185 e. The van der Waals surface area contributed by atoms with E-state index in [4.69, 9.17) is 5.73 Å². The summed E-state index contributed by atoms with van der Waals surface area (Å²) in [5.74, 6) is 0.913. The second kappa shape index (κ2) is 5.66. The van der Waals surface area contributed by atoms with Crippen molar-refractivity contribution in [3.8, 4) is 0 Å². The van der Waals surface area contributed by atoms with Crippen LogP contribution in [0.1, 0.15) is 39.5 Å². The zero-order valence-electron chi connectivity index (χ0n) is 11.3. The standard InChI is InChI=1S/C12H21N3O2S2/c1-3-5-8-7-9(8)14-12-10(11(13)15-18-12)19(16,17)6-4-2/h8-9,14H,3-7H2,1-2H3,(H2,13,15). The van der Waals surface area contributed by atoms with Crippen molar-refractivity contribution in [3.05, 3.63) is 0 Å². The van der Waals surface area contributed by atoms with E-state index in [1.807, 2.05) is 6.92 Å². The maximum absolute atomic E-state index is 12.2. The molecular weight excluding hydrogens is 282 g/mol. The van der Waals surface area contributed by atoms with E-state index in [2.05, 4.69) is 16.6 Å².